The molecule has 0 spiro atoms. The molecule has 0 fully saturated rings. The zero-order valence-electron chi connectivity index (χ0n) is 24.2. The van der Waals surface area contributed by atoms with Crippen molar-refractivity contribution in [3.8, 4) is 0 Å². The van der Waals surface area contributed by atoms with E-state index in [0.717, 1.165) is 21.0 Å². The smallest absolute Gasteiger partial charge is 0.264 e. The third-order valence-electron chi connectivity index (χ3n) is 7.17. The van der Waals surface area contributed by atoms with Gasteiger partial charge in [-0.1, -0.05) is 60.0 Å². The summed E-state index contributed by atoms with van der Waals surface area (Å²) >= 11 is 12.3. The van der Waals surface area contributed by atoms with Gasteiger partial charge in [-0.15, -0.1) is 0 Å². The van der Waals surface area contributed by atoms with Gasteiger partial charge in [0.1, 0.15) is 12.6 Å². The molecule has 2 atom stereocenters. The fourth-order valence-electron chi connectivity index (χ4n) is 4.13. The number of halogens is 2. The second-order valence-electron chi connectivity index (χ2n) is 10.4. The lowest BCUT2D eigenvalue weighted by Crippen LogP contribution is -2.52. The standard InChI is InChI=1S/C31H37Cl2N3O4S/c1-7-23(5)34-31(38)24(6)35(18-25-11-15-28(32)29(33)17-25)30(37)19-36(26-12-10-21(3)22(4)16-26)41(39,40)27-13-8-20(2)9-14-27/h8-17,23-24H,7,18-19H2,1-6H3,(H,34,38)/t23-,24-/m1/s1. The Morgan fingerprint density at radius 2 is 1.54 bits per heavy atom. The summed E-state index contributed by atoms with van der Waals surface area (Å²) in [5, 5.41) is 3.59. The third kappa shape index (κ3) is 8.03. The Hall–Kier alpha value is -3.07. The maximum absolute atomic E-state index is 14.0. The lowest BCUT2D eigenvalue weighted by atomic mass is 10.1. The first kappa shape index (κ1) is 32.4. The molecule has 0 aliphatic rings. The van der Waals surface area contributed by atoms with E-state index in [-0.39, 0.29) is 23.4 Å². The largest absolute Gasteiger partial charge is 0.352 e. The van der Waals surface area contributed by atoms with E-state index >= 15 is 0 Å². The molecule has 0 aromatic heterocycles. The fraction of sp³-hybridized carbons (Fsp3) is 0.355. The van der Waals surface area contributed by atoms with Gasteiger partial charge in [0.15, 0.2) is 0 Å². The van der Waals surface area contributed by atoms with E-state index < -0.39 is 28.5 Å². The van der Waals surface area contributed by atoms with Crippen molar-refractivity contribution in [1.82, 2.24) is 10.2 Å². The molecule has 7 nitrogen and oxygen atoms in total. The van der Waals surface area contributed by atoms with Gasteiger partial charge in [0, 0.05) is 12.6 Å². The van der Waals surface area contributed by atoms with E-state index in [4.69, 9.17) is 23.2 Å². The molecular weight excluding hydrogens is 581 g/mol. The van der Waals surface area contributed by atoms with Crippen molar-refractivity contribution in [1.29, 1.82) is 0 Å². The molecule has 0 unspecified atom stereocenters. The van der Waals surface area contributed by atoms with Crippen molar-refractivity contribution >= 4 is 50.7 Å². The van der Waals surface area contributed by atoms with Crippen molar-refractivity contribution in [2.24, 2.45) is 0 Å². The number of hydrogen-bond acceptors (Lipinski definition) is 4. The highest BCUT2D eigenvalue weighted by molar-refractivity contribution is 7.92. The number of aryl methyl sites for hydroxylation is 3. The van der Waals surface area contributed by atoms with Crippen molar-refractivity contribution in [3.05, 3.63) is 93.0 Å². The number of hydrogen-bond donors (Lipinski definition) is 1. The summed E-state index contributed by atoms with van der Waals surface area (Å²) in [6.45, 7) is 10.7. The molecule has 3 aromatic rings. The summed E-state index contributed by atoms with van der Waals surface area (Å²) in [7, 11) is -4.14. The molecule has 3 aromatic carbocycles. The molecule has 10 heteroatoms. The number of carbonyl (C=O) groups is 2. The lowest BCUT2D eigenvalue weighted by Gasteiger charge is -2.32. The molecule has 3 rings (SSSR count). The Morgan fingerprint density at radius 1 is 0.878 bits per heavy atom. The highest BCUT2D eigenvalue weighted by atomic mass is 35.5. The SMILES string of the molecule is CC[C@@H](C)NC(=O)[C@@H](C)N(Cc1ccc(Cl)c(Cl)c1)C(=O)CN(c1ccc(C)c(C)c1)S(=O)(=O)c1ccc(C)cc1. The molecule has 1 N–H and O–H groups in total. The summed E-state index contributed by atoms with van der Waals surface area (Å²) in [6, 6.07) is 15.7. The molecule has 2 amide bonds. The van der Waals surface area contributed by atoms with Crippen LogP contribution in [0.2, 0.25) is 10.0 Å². The number of nitrogens with zero attached hydrogens (tertiary/aromatic N) is 2. The van der Waals surface area contributed by atoms with Crippen LogP contribution in [0.25, 0.3) is 0 Å². The monoisotopic (exact) mass is 617 g/mol. The second-order valence-corrected chi connectivity index (χ2v) is 13.0. The van der Waals surface area contributed by atoms with Crippen LogP contribution in [0.1, 0.15) is 49.4 Å². The zero-order valence-corrected chi connectivity index (χ0v) is 26.6. The van der Waals surface area contributed by atoms with Gasteiger partial charge < -0.3 is 10.2 Å². The van der Waals surface area contributed by atoms with Gasteiger partial charge in [0.25, 0.3) is 10.0 Å². The Labute approximate surface area is 253 Å². The topological polar surface area (TPSA) is 86.8 Å². The van der Waals surface area contributed by atoms with Crippen molar-refractivity contribution in [2.45, 2.75) is 71.5 Å². The van der Waals surface area contributed by atoms with E-state index in [9.17, 15) is 18.0 Å². The highest BCUT2D eigenvalue weighted by Gasteiger charge is 2.33. The lowest BCUT2D eigenvalue weighted by molar-refractivity contribution is -0.139. The summed E-state index contributed by atoms with van der Waals surface area (Å²) < 4.78 is 29.0. The van der Waals surface area contributed by atoms with Crippen LogP contribution in [-0.2, 0) is 26.2 Å². The second kappa shape index (κ2) is 13.7. The van der Waals surface area contributed by atoms with Gasteiger partial charge in [0.05, 0.1) is 20.6 Å². The van der Waals surface area contributed by atoms with E-state index in [1.165, 1.54) is 17.0 Å². The van der Waals surface area contributed by atoms with Crippen molar-refractivity contribution in [3.63, 3.8) is 0 Å². The van der Waals surface area contributed by atoms with Gasteiger partial charge >= 0.3 is 0 Å². The van der Waals surface area contributed by atoms with E-state index in [1.807, 2.05) is 40.7 Å². The Balaban J connectivity index is 2.06. The number of benzene rings is 3. The first-order valence-electron chi connectivity index (χ1n) is 13.4. The minimum atomic E-state index is -4.14. The third-order valence-corrected chi connectivity index (χ3v) is 9.70. The number of anilines is 1. The summed E-state index contributed by atoms with van der Waals surface area (Å²) in [5.41, 5.74) is 3.78. The molecule has 220 valence electrons. The molecule has 41 heavy (non-hydrogen) atoms. The van der Waals surface area contributed by atoms with Crippen LogP contribution in [0, 0.1) is 20.8 Å². The maximum atomic E-state index is 14.0. The predicted molar refractivity (Wildman–Crippen MR) is 166 cm³/mol. The van der Waals surface area contributed by atoms with Crippen molar-refractivity contribution in [2.75, 3.05) is 10.8 Å². The zero-order chi connectivity index (χ0) is 30.5. The van der Waals surface area contributed by atoms with Crippen LogP contribution in [0.15, 0.2) is 65.6 Å². The van der Waals surface area contributed by atoms with Crippen LogP contribution in [-0.4, -0.2) is 43.8 Å². The fourth-order valence-corrected chi connectivity index (χ4v) is 5.86. The quantitative estimate of drug-likeness (QED) is 0.268. The first-order valence-corrected chi connectivity index (χ1v) is 15.6. The minimum Gasteiger partial charge on any atom is -0.352 e. The number of sulfonamides is 1. The maximum Gasteiger partial charge on any atom is 0.264 e. The Bertz CT molecular complexity index is 1510. The highest BCUT2D eigenvalue weighted by Crippen LogP contribution is 2.28. The molecule has 0 aliphatic heterocycles. The van der Waals surface area contributed by atoms with Crippen LogP contribution >= 0.6 is 23.2 Å². The van der Waals surface area contributed by atoms with Gasteiger partial charge in [-0.05, 0) is 94.1 Å². The van der Waals surface area contributed by atoms with Gasteiger partial charge in [-0.2, -0.15) is 0 Å². The van der Waals surface area contributed by atoms with Crippen LogP contribution in [0.3, 0.4) is 0 Å². The predicted octanol–water partition coefficient (Wildman–Crippen LogP) is 6.45. The normalized spacial score (nSPS) is 12.9. The summed E-state index contributed by atoms with van der Waals surface area (Å²) in [6.07, 6.45) is 0.717. The average Bonchev–Trinajstić information content (AvgIpc) is 2.93. The van der Waals surface area contributed by atoms with Crippen LogP contribution in [0.4, 0.5) is 5.69 Å². The summed E-state index contributed by atoms with van der Waals surface area (Å²) in [4.78, 5) is 28.7. The number of rotatable bonds is 11. The van der Waals surface area contributed by atoms with Gasteiger partial charge in [0.2, 0.25) is 11.8 Å². The summed E-state index contributed by atoms with van der Waals surface area (Å²) in [5.74, 6) is -0.885. The molecule has 0 heterocycles. The van der Waals surface area contributed by atoms with Crippen LogP contribution < -0.4 is 9.62 Å². The van der Waals surface area contributed by atoms with E-state index in [1.54, 1.807) is 49.4 Å². The molecule has 0 saturated carbocycles. The Morgan fingerprint density at radius 3 is 2.12 bits per heavy atom. The Kier molecular flexibility index (Phi) is 10.9. The molecule has 0 saturated heterocycles. The van der Waals surface area contributed by atoms with E-state index in [0.29, 0.717) is 27.7 Å². The van der Waals surface area contributed by atoms with Gasteiger partial charge in [-0.3, -0.25) is 13.9 Å². The molecule has 0 bridgehead atoms. The number of carbonyl (C=O) groups excluding carboxylic acids is 2. The van der Waals surface area contributed by atoms with Crippen LogP contribution in [0.5, 0.6) is 0 Å². The average molecular weight is 619 g/mol. The van der Waals surface area contributed by atoms with E-state index in [2.05, 4.69) is 5.32 Å². The first-order chi connectivity index (χ1) is 19.2. The molecule has 0 radical (unpaired) electrons. The molecular formula is C31H37Cl2N3O4S. The van der Waals surface area contributed by atoms with Gasteiger partial charge in [-0.25, -0.2) is 8.42 Å². The molecule has 0 aliphatic carbocycles. The van der Waals surface area contributed by atoms with Crippen molar-refractivity contribution < 1.29 is 18.0 Å². The number of amides is 2. The minimum absolute atomic E-state index is 0.0240. The number of nitrogens with one attached hydrogen (secondary N) is 1.